The Morgan fingerprint density at radius 3 is 2.03 bits per heavy atom. The average Bonchev–Trinajstić information content (AvgIpc) is 2.86. The Kier molecular flexibility index (Phi) is 10.1. The van der Waals surface area contributed by atoms with Crippen LogP contribution in [0, 0.1) is 5.92 Å². The minimum Gasteiger partial charge on any atom is -0.465 e. The normalized spacial score (nSPS) is 17.1. The summed E-state index contributed by atoms with van der Waals surface area (Å²) in [5.41, 5.74) is -0.226. The molecule has 1 unspecified atom stereocenters. The maximum Gasteiger partial charge on any atom is 0.407 e. The summed E-state index contributed by atoms with van der Waals surface area (Å²) >= 11 is 0. The SMILES string of the molecule is CC(C)CN(C(O)(CCN(Cc1ccccc1)C(=O)O)Cc1ccccc1)S(=O)(=O)N1CCN(C)CC1. The second-order valence-corrected chi connectivity index (χ2v) is 12.1. The van der Waals surface area contributed by atoms with Crippen LogP contribution in [0.25, 0.3) is 0 Å². The van der Waals surface area contributed by atoms with Crippen LogP contribution < -0.4 is 0 Å². The van der Waals surface area contributed by atoms with Gasteiger partial charge in [0.15, 0.2) is 0 Å². The van der Waals surface area contributed by atoms with Crippen molar-refractivity contribution in [3.8, 4) is 0 Å². The van der Waals surface area contributed by atoms with Crippen molar-refractivity contribution in [3.05, 3.63) is 71.8 Å². The minimum absolute atomic E-state index is 0.0274. The first-order valence-corrected chi connectivity index (χ1v) is 14.2. The summed E-state index contributed by atoms with van der Waals surface area (Å²) in [4.78, 5) is 15.4. The third-order valence-electron chi connectivity index (χ3n) is 6.66. The molecule has 1 heterocycles. The third-order valence-corrected chi connectivity index (χ3v) is 8.72. The fourth-order valence-electron chi connectivity index (χ4n) is 4.55. The van der Waals surface area contributed by atoms with Gasteiger partial charge in [-0.05, 0) is 24.1 Å². The first-order chi connectivity index (χ1) is 17.5. The van der Waals surface area contributed by atoms with Gasteiger partial charge >= 0.3 is 6.09 Å². The number of nitrogens with zero attached hydrogens (tertiary/aromatic N) is 4. The van der Waals surface area contributed by atoms with Gasteiger partial charge in [-0.15, -0.1) is 0 Å². The molecule has 0 aliphatic carbocycles. The highest BCUT2D eigenvalue weighted by Crippen LogP contribution is 2.30. The number of rotatable bonds is 12. The lowest BCUT2D eigenvalue weighted by atomic mass is 9.98. The molecule has 2 aromatic rings. The Morgan fingerprint density at radius 1 is 0.973 bits per heavy atom. The van der Waals surface area contributed by atoms with E-state index in [1.165, 1.54) is 13.5 Å². The summed E-state index contributed by atoms with van der Waals surface area (Å²) in [5.74, 6) is -0.0515. The Labute approximate surface area is 221 Å². The summed E-state index contributed by atoms with van der Waals surface area (Å²) in [6.45, 7) is 5.94. The molecule has 1 aliphatic rings. The van der Waals surface area contributed by atoms with Gasteiger partial charge in [-0.25, -0.2) is 4.79 Å². The zero-order valence-corrected chi connectivity index (χ0v) is 22.8. The van der Waals surface area contributed by atoms with Crippen LogP contribution in [0.4, 0.5) is 4.79 Å². The Balaban J connectivity index is 1.94. The number of benzene rings is 2. The second kappa shape index (κ2) is 12.8. The molecule has 10 heteroatoms. The molecule has 2 N–H and O–H groups in total. The Bertz CT molecular complexity index is 1090. The first kappa shape index (κ1) is 29.1. The van der Waals surface area contributed by atoms with Crippen molar-refractivity contribution in [2.24, 2.45) is 5.92 Å². The third kappa shape index (κ3) is 7.99. The van der Waals surface area contributed by atoms with Crippen molar-refractivity contribution in [2.75, 3.05) is 46.3 Å². The van der Waals surface area contributed by atoms with Crippen LogP contribution in [0.15, 0.2) is 60.7 Å². The molecule has 3 rings (SSSR count). The fourth-order valence-corrected chi connectivity index (χ4v) is 6.53. The largest absolute Gasteiger partial charge is 0.465 e. The fraction of sp³-hybridized carbons (Fsp3) is 0.519. The predicted octanol–water partition coefficient (Wildman–Crippen LogP) is 2.94. The number of carbonyl (C=O) groups is 1. The summed E-state index contributed by atoms with van der Waals surface area (Å²) in [6, 6.07) is 18.5. The van der Waals surface area contributed by atoms with Crippen molar-refractivity contribution < 1.29 is 23.4 Å². The van der Waals surface area contributed by atoms with E-state index in [4.69, 9.17) is 0 Å². The monoisotopic (exact) mass is 532 g/mol. The number of hydrogen-bond acceptors (Lipinski definition) is 5. The second-order valence-electron chi connectivity index (χ2n) is 10.2. The van der Waals surface area contributed by atoms with Crippen LogP contribution >= 0.6 is 0 Å². The van der Waals surface area contributed by atoms with Crippen LogP contribution in [0.5, 0.6) is 0 Å². The lowest BCUT2D eigenvalue weighted by molar-refractivity contribution is -0.0782. The Hall–Kier alpha value is -2.50. The van der Waals surface area contributed by atoms with Gasteiger partial charge in [-0.2, -0.15) is 17.0 Å². The van der Waals surface area contributed by atoms with Crippen molar-refractivity contribution in [2.45, 2.75) is 39.0 Å². The topological polar surface area (TPSA) is 105 Å². The standard InChI is InChI=1S/C27H40N4O5S/c1-23(2)21-31(37(35,36)30-18-16-28(3)17-19-30)27(34,20-24-10-6-4-7-11-24)14-15-29(26(32)33)22-25-12-8-5-9-13-25/h4-13,23,34H,14-22H2,1-3H3,(H,32,33). The van der Waals surface area contributed by atoms with Crippen LogP contribution in [-0.2, 0) is 23.2 Å². The van der Waals surface area contributed by atoms with Crippen molar-refractivity contribution >= 4 is 16.3 Å². The maximum absolute atomic E-state index is 14.0. The summed E-state index contributed by atoms with van der Waals surface area (Å²) in [5, 5.41) is 22.1. The highest BCUT2D eigenvalue weighted by Gasteiger charge is 2.45. The molecule has 1 atom stereocenters. The molecule has 0 radical (unpaired) electrons. The van der Waals surface area contributed by atoms with E-state index in [1.54, 1.807) is 0 Å². The molecule has 0 aromatic heterocycles. The molecule has 9 nitrogen and oxygen atoms in total. The molecule has 0 saturated carbocycles. The van der Waals surface area contributed by atoms with E-state index in [2.05, 4.69) is 4.90 Å². The van der Waals surface area contributed by atoms with E-state index in [9.17, 15) is 23.4 Å². The molecule has 37 heavy (non-hydrogen) atoms. The molecule has 1 saturated heterocycles. The van der Waals surface area contributed by atoms with Gasteiger partial charge in [0.05, 0.1) is 0 Å². The number of carboxylic acid groups (broad SMARTS) is 1. The van der Waals surface area contributed by atoms with Crippen LogP contribution in [-0.4, -0.2) is 95.2 Å². The Morgan fingerprint density at radius 2 is 1.51 bits per heavy atom. The molecular formula is C27H40N4O5S. The zero-order chi connectivity index (χ0) is 27.1. The number of aliphatic hydroxyl groups is 1. The number of piperazine rings is 1. The number of likely N-dealkylation sites (N-methyl/N-ethyl adjacent to an activating group) is 1. The van der Waals surface area contributed by atoms with Crippen molar-refractivity contribution in [1.82, 2.24) is 18.4 Å². The summed E-state index contributed by atoms with van der Waals surface area (Å²) < 4.78 is 30.6. The molecule has 1 aliphatic heterocycles. The maximum atomic E-state index is 14.0. The lowest BCUT2D eigenvalue weighted by Crippen LogP contribution is -2.61. The van der Waals surface area contributed by atoms with Gasteiger partial charge in [-0.1, -0.05) is 74.5 Å². The smallest absolute Gasteiger partial charge is 0.407 e. The zero-order valence-electron chi connectivity index (χ0n) is 22.0. The van der Waals surface area contributed by atoms with E-state index in [0.29, 0.717) is 26.2 Å². The van der Waals surface area contributed by atoms with Gasteiger partial charge in [0, 0.05) is 58.7 Å². The predicted molar refractivity (Wildman–Crippen MR) is 144 cm³/mol. The van der Waals surface area contributed by atoms with Gasteiger partial charge in [0.1, 0.15) is 5.72 Å². The van der Waals surface area contributed by atoms with E-state index in [1.807, 2.05) is 81.6 Å². The molecule has 0 bridgehead atoms. The number of amides is 1. The average molecular weight is 533 g/mol. The molecular weight excluding hydrogens is 492 g/mol. The van der Waals surface area contributed by atoms with Crippen LogP contribution in [0.3, 0.4) is 0 Å². The highest BCUT2D eigenvalue weighted by atomic mass is 32.2. The minimum atomic E-state index is -4.02. The summed E-state index contributed by atoms with van der Waals surface area (Å²) in [6.07, 6.45) is -1.14. The molecule has 1 amide bonds. The molecule has 204 valence electrons. The van der Waals surface area contributed by atoms with Crippen molar-refractivity contribution in [1.29, 1.82) is 0 Å². The molecule has 2 aromatic carbocycles. The van der Waals surface area contributed by atoms with Gasteiger partial charge in [0.25, 0.3) is 10.2 Å². The van der Waals surface area contributed by atoms with Gasteiger partial charge in [-0.3, -0.25) is 0 Å². The van der Waals surface area contributed by atoms with Gasteiger partial charge in [0.2, 0.25) is 0 Å². The number of hydrogen-bond donors (Lipinski definition) is 2. The quantitative estimate of drug-likeness (QED) is 0.408. The lowest BCUT2D eigenvalue weighted by Gasteiger charge is -2.44. The highest BCUT2D eigenvalue weighted by molar-refractivity contribution is 7.86. The van der Waals surface area contributed by atoms with E-state index in [-0.39, 0.29) is 38.4 Å². The van der Waals surface area contributed by atoms with E-state index >= 15 is 0 Å². The van der Waals surface area contributed by atoms with Crippen molar-refractivity contribution in [3.63, 3.8) is 0 Å². The van der Waals surface area contributed by atoms with E-state index in [0.717, 1.165) is 11.1 Å². The van der Waals surface area contributed by atoms with Gasteiger partial charge < -0.3 is 20.0 Å². The molecule has 1 fully saturated rings. The molecule has 0 spiro atoms. The van der Waals surface area contributed by atoms with Crippen LogP contribution in [0.1, 0.15) is 31.4 Å². The summed E-state index contributed by atoms with van der Waals surface area (Å²) in [7, 11) is -2.07. The first-order valence-electron chi connectivity index (χ1n) is 12.8. The van der Waals surface area contributed by atoms with E-state index < -0.39 is 22.0 Å². The van der Waals surface area contributed by atoms with Crippen LogP contribution in [0.2, 0.25) is 0 Å².